The number of nitrogens with zero attached hydrogens (tertiary/aromatic N) is 3. The number of rotatable bonds is 6. The van der Waals surface area contributed by atoms with Crippen molar-refractivity contribution in [2.24, 2.45) is 0 Å². The van der Waals surface area contributed by atoms with Crippen LogP contribution in [0.3, 0.4) is 0 Å². The maximum atomic E-state index is 7.00. The van der Waals surface area contributed by atoms with Gasteiger partial charge in [-0.15, -0.1) is 0 Å². The average molecular weight is 800 g/mol. The third kappa shape index (κ3) is 5.67. The van der Waals surface area contributed by atoms with Crippen molar-refractivity contribution in [2.75, 3.05) is 9.80 Å². The van der Waals surface area contributed by atoms with E-state index in [1.807, 2.05) is 0 Å². The molecule has 0 saturated carbocycles. The maximum Gasteiger partial charge on any atom is 0.256 e. The molecule has 12 rings (SSSR count). The fraction of sp³-hybridized carbons (Fsp3) is 0.0545. The molecule has 0 atom stereocenters. The topological polar surface area (TPSA) is 20.6 Å². The zero-order valence-corrected chi connectivity index (χ0v) is 35.4. The van der Waals surface area contributed by atoms with E-state index in [-0.39, 0.29) is 6.71 Å². The number of hydrogen-bond donors (Lipinski definition) is 0. The summed E-state index contributed by atoms with van der Waals surface area (Å²) in [5.41, 5.74) is 14.0. The lowest BCUT2D eigenvalue weighted by atomic mass is 9.34. The first-order valence-corrected chi connectivity index (χ1v) is 24.7. The lowest BCUT2D eigenvalue weighted by molar-refractivity contribution is 0.488. The number of fused-ring (bicyclic) bond motifs is 8. The number of ether oxygens (including phenoxy) is 1. The Balaban J connectivity index is 1.07. The van der Waals surface area contributed by atoms with Crippen molar-refractivity contribution in [2.45, 2.75) is 19.6 Å². The summed E-state index contributed by atoms with van der Waals surface area (Å²) in [6, 6.07) is 73.2. The monoisotopic (exact) mass is 799 g/mol. The summed E-state index contributed by atoms with van der Waals surface area (Å²) >= 11 is 0. The second-order valence-corrected chi connectivity index (χ2v) is 22.5. The molecule has 4 nitrogen and oxygen atoms in total. The quantitative estimate of drug-likeness (QED) is 0.156. The third-order valence-corrected chi connectivity index (χ3v) is 14.8. The molecule has 290 valence electrons. The van der Waals surface area contributed by atoms with Crippen molar-refractivity contribution in [3.05, 3.63) is 200 Å². The Bertz CT molecular complexity index is 3320. The van der Waals surface area contributed by atoms with Crippen LogP contribution in [0, 0.1) is 0 Å². The van der Waals surface area contributed by atoms with Crippen molar-refractivity contribution in [3.63, 3.8) is 0 Å². The van der Waals surface area contributed by atoms with Gasteiger partial charge in [0.25, 0.3) is 6.71 Å². The molecule has 6 heteroatoms. The molecule has 0 aliphatic carbocycles. The lowest BCUT2D eigenvalue weighted by Gasteiger charge is -2.39. The Morgan fingerprint density at radius 3 is 1.84 bits per heavy atom. The molecular formula is C55H42BN3OSi. The first-order chi connectivity index (χ1) is 29.9. The molecule has 2 aliphatic heterocycles. The molecule has 0 radical (unpaired) electrons. The molecule has 3 heterocycles. The maximum absolute atomic E-state index is 7.00. The van der Waals surface area contributed by atoms with Crippen molar-refractivity contribution < 1.29 is 4.74 Å². The van der Waals surface area contributed by atoms with Crippen LogP contribution in [0.4, 0.5) is 34.1 Å². The smallest absolute Gasteiger partial charge is 0.256 e. The molecular weight excluding hydrogens is 758 g/mol. The minimum absolute atomic E-state index is 0.00292. The largest absolute Gasteiger partial charge is 0.458 e. The number of para-hydroxylation sites is 4. The zero-order valence-electron chi connectivity index (χ0n) is 34.4. The Morgan fingerprint density at radius 2 is 1.08 bits per heavy atom. The van der Waals surface area contributed by atoms with Gasteiger partial charge in [0.05, 0.1) is 19.1 Å². The van der Waals surface area contributed by atoms with Gasteiger partial charge >= 0.3 is 0 Å². The second-order valence-electron chi connectivity index (χ2n) is 17.4. The molecule has 0 unspecified atom stereocenters. The van der Waals surface area contributed by atoms with Crippen LogP contribution in [0.15, 0.2) is 200 Å². The Hall–Kier alpha value is -7.28. The molecule has 0 amide bonds. The highest BCUT2D eigenvalue weighted by molar-refractivity contribution is 6.99. The molecule has 2 aliphatic rings. The summed E-state index contributed by atoms with van der Waals surface area (Å²) in [5.74, 6) is 1.82. The standard InChI is InChI=1S/C55H42BN3OSi/c1-61(2,3)44-30-28-42(29-31-44)57(39-16-7-4-8-17-39)43-27-26-37-33-45-46-35-54-48(36-52(46)59(41-20-11-6-12-21-41)51(45)34-38(37)32-43)56-47-22-13-14-23-49(47)58(40-18-9-5-10-19-40)50-24-15-25-53(60-54)55(50)56/h4-36H,1-3H3. The van der Waals surface area contributed by atoms with Gasteiger partial charge in [-0.25, -0.2) is 0 Å². The molecule has 9 aromatic carbocycles. The van der Waals surface area contributed by atoms with Gasteiger partial charge in [0.1, 0.15) is 11.5 Å². The van der Waals surface area contributed by atoms with Crippen LogP contribution in [0.25, 0.3) is 38.3 Å². The summed E-state index contributed by atoms with van der Waals surface area (Å²) in [4.78, 5) is 4.77. The van der Waals surface area contributed by atoms with E-state index in [2.05, 4.69) is 234 Å². The van der Waals surface area contributed by atoms with E-state index in [1.165, 1.54) is 48.8 Å². The molecule has 10 aromatic rings. The molecule has 0 bridgehead atoms. The van der Waals surface area contributed by atoms with Crippen molar-refractivity contribution in [3.8, 4) is 17.2 Å². The van der Waals surface area contributed by atoms with Crippen LogP contribution >= 0.6 is 0 Å². The lowest BCUT2D eigenvalue weighted by Crippen LogP contribution is -2.59. The third-order valence-electron chi connectivity index (χ3n) is 12.7. The summed E-state index contributed by atoms with van der Waals surface area (Å²) < 4.78 is 9.45. The van der Waals surface area contributed by atoms with Gasteiger partial charge in [0, 0.05) is 50.6 Å². The van der Waals surface area contributed by atoms with Gasteiger partial charge in [-0.1, -0.05) is 122 Å². The highest BCUT2D eigenvalue weighted by Gasteiger charge is 2.42. The Kier molecular flexibility index (Phi) is 7.97. The Morgan fingerprint density at radius 1 is 0.459 bits per heavy atom. The van der Waals surface area contributed by atoms with Gasteiger partial charge in [0.2, 0.25) is 0 Å². The van der Waals surface area contributed by atoms with Gasteiger partial charge in [-0.05, 0) is 130 Å². The minimum Gasteiger partial charge on any atom is -0.458 e. The summed E-state index contributed by atoms with van der Waals surface area (Å²) in [6.07, 6.45) is 0. The van der Waals surface area contributed by atoms with E-state index in [0.717, 1.165) is 56.7 Å². The number of benzene rings is 9. The minimum atomic E-state index is -1.45. The summed E-state index contributed by atoms with van der Waals surface area (Å²) in [5, 5.41) is 6.21. The van der Waals surface area contributed by atoms with Crippen LogP contribution in [-0.4, -0.2) is 19.4 Å². The first kappa shape index (κ1) is 35.6. The van der Waals surface area contributed by atoms with Crippen LogP contribution in [-0.2, 0) is 0 Å². The molecule has 0 N–H and O–H groups in total. The molecule has 0 fully saturated rings. The number of anilines is 6. The molecule has 1 aromatic heterocycles. The predicted molar refractivity (Wildman–Crippen MR) is 262 cm³/mol. The van der Waals surface area contributed by atoms with Crippen molar-refractivity contribution in [1.82, 2.24) is 4.57 Å². The fourth-order valence-corrected chi connectivity index (χ4v) is 11.0. The van der Waals surface area contributed by atoms with E-state index in [4.69, 9.17) is 4.74 Å². The van der Waals surface area contributed by atoms with Crippen molar-refractivity contribution in [1.29, 1.82) is 0 Å². The van der Waals surface area contributed by atoms with Gasteiger partial charge in [0.15, 0.2) is 0 Å². The van der Waals surface area contributed by atoms with Crippen LogP contribution in [0.2, 0.25) is 19.6 Å². The van der Waals surface area contributed by atoms with Gasteiger partial charge in [-0.3, -0.25) is 0 Å². The fourth-order valence-electron chi connectivity index (χ4n) is 9.86. The van der Waals surface area contributed by atoms with E-state index in [1.54, 1.807) is 0 Å². The predicted octanol–water partition coefficient (Wildman–Crippen LogP) is 12.4. The van der Waals surface area contributed by atoms with Crippen LogP contribution < -0.4 is 36.1 Å². The number of aromatic nitrogens is 1. The van der Waals surface area contributed by atoms with Crippen LogP contribution in [0.5, 0.6) is 11.5 Å². The average Bonchev–Trinajstić information content (AvgIpc) is 3.60. The highest BCUT2D eigenvalue weighted by atomic mass is 28.3. The number of hydrogen-bond acceptors (Lipinski definition) is 3. The van der Waals surface area contributed by atoms with E-state index < -0.39 is 8.07 Å². The van der Waals surface area contributed by atoms with E-state index in [0.29, 0.717) is 0 Å². The first-order valence-electron chi connectivity index (χ1n) is 21.2. The highest BCUT2D eigenvalue weighted by Crippen LogP contribution is 2.44. The second kappa shape index (κ2) is 13.6. The summed E-state index contributed by atoms with van der Waals surface area (Å²) in [7, 11) is -1.45. The molecule has 61 heavy (non-hydrogen) atoms. The van der Waals surface area contributed by atoms with Gasteiger partial charge in [-0.2, -0.15) is 0 Å². The van der Waals surface area contributed by atoms with Gasteiger partial charge < -0.3 is 19.1 Å². The molecule has 0 spiro atoms. The SMILES string of the molecule is C[Si](C)(C)c1ccc(N(c2ccccc2)c2ccc3cc4c5cc6c(cc5n(-c5ccccc5)c4cc3c2)B2c3ccccc3N(c3ccccc3)c3cccc(c32)O6)cc1. The summed E-state index contributed by atoms with van der Waals surface area (Å²) in [6.45, 7) is 7.21. The molecule has 0 saturated heterocycles. The van der Waals surface area contributed by atoms with E-state index in [9.17, 15) is 0 Å². The normalized spacial score (nSPS) is 12.9. The van der Waals surface area contributed by atoms with Crippen LogP contribution in [0.1, 0.15) is 0 Å². The Labute approximate surface area is 357 Å². The zero-order chi connectivity index (χ0) is 40.8. The van der Waals surface area contributed by atoms with Crippen molar-refractivity contribution >= 4 is 103 Å². The van der Waals surface area contributed by atoms with E-state index >= 15 is 0 Å².